The van der Waals surface area contributed by atoms with E-state index in [-0.39, 0.29) is 7.25 Å². The van der Waals surface area contributed by atoms with Crippen molar-refractivity contribution in [1.82, 2.24) is 0 Å². The Bertz CT molecular complexity index is 3160. The SMILES string of the molecule is CCCC1=Cc2c(ccc(-c3ccccc3)c2-c2cc(C)cc(C)c2)[CH]1[Zr]([Cl])([Cl])([c]1cccc2c1[SiH2]c1ccccc1-2)[CH]1C(CCC)=Cc2c1ccc(-c1ccccc1)c2-c1cc(C)cc(C)c1. The maximum absolute atomic E-state index is 9.60. The van der Waals surface area contributed by atoms with Gasteiger partial charge in [0.25, 0.3) is 0 Å². The van der Waals surface area contributed by atoms with E-state index in [4.69, 9.17) is 0 Å². The number of fused-ring (bicyclic) bond motifs is 5. The number of aryl methyl sites for hydroxylation is 4. The molecule has 68 heavy (non-hydrogen) atoms. The molecular formula is C64H59Cl2SiZr. The summed E-state index contributed by atoms with van der Waals surface area (Å²) in [6.45, 7) is 13.6. The third-order valence-electron chi connectivity index (χ3n) is 15.3. The van der Waals surface area contributed by atoms with Gasteiger partial charge in [-0.2, -0.15) is 0 Å². The van der Waals surface area contributed by atoms with Crippen molar-refractivity contribution in [3.8, 4) is 55.6 Å². The molecule has 0 radical (unpaired) electrons. The average Bonchev–Trinajstić information content (AvgIpc) is 4.03. The Balaban J connectivity index is 1.26. The van der Waals surface area contributed by atoms with Crippen LogP contribution >= 0.6 is 17.0 Å². The fourth-order valence-electron chi connectivity index (χ4n) is 12.9. The topological polar surface area (TPSA) is 0 Å². The van der Waals surface area contributed by atoms with Gasteiger partial charge in [-0.3, -0.25) is 0 Å². The van der Waals surface area contributed by atoms with Crippen molar-refractivity contribution in [2.75, 3.05) is 0 Å². The first kappa shape index (κ1) is 45.4. The summed E-state index contributed by atoms with van der Waals surface area (Å²) >= 11 is -5.82. The van der Waals surface area contributed by atoms with Gasteiger partial charge in [0.1, 0.15) is 0 Å². The van der Waals surface area contributed by atoms with E-state index in [1.165, 1.54) is 125 Å². The number of allylic oxidation sites excluding steroid dienone is 2. The van der Waals surface area contributed by atoms with E-state index in [1.54, 1.807) is 0 Å². The van der Waals surface area contributed by atoms with Crippen LogP contribution in [0.5, 0.6) is 0 Å². The number of rotatable bonds is 11. The summed E-state index contributed by atoms with van der Waals surface area (Å²) in [6.07, 6.45) is 8.99. The number of benzene rings is 8. The van der Waals surface area contributed by atoms with Gasteiger partial charge in [-0.1, -0.05) is 0 Å². The molecule has 1 heterocycles. The minimum absolute atomic E-state index is 0.150. The molecular weight excluding hydrogens is 959 g/mol. The van der Waals surface area contributed by atoms with Gasteiger partial charge >= 0.3 is 418 Å². The summed E-state index contributed by atoms with van der Waals surface area (Å²) < 4.78 is 0.987. The molecule has 1 aliphatic heterocycles. The zero-order valence-electron chi connectivity index (χ0n) is 40.2. The summed E-state index contributed by atoms with van der Waals surface area (Å²) in [7, 11) is 18.3. The predicted octanol–water partition coefficient (Wildman–Crippen LogP) is 16.2. The molecule has 337 valence electrons. The molecule has 0 N–H and O–H groups in total. The number of hydrogen-bond acceptors (Lipinski definition) is 0. The van der Waals surface area contributed by atoms with Crippen molar-refractivity contribution in [1.29, 1.82) is 0 Å². The van der Waals surface area contributed by atoms with Gasteiger partial charge in [-0.25, -0.2) is 0 Å². The average molecular weight is 1020 g/mol. The Labute approximate surface area is 414 Å². The van der Waals surface area contributed by atoms with Crippen molar-refractivity contribution in [3.05, 3.63) is 219 Å². The zero-order chi connectivity index (χ0) is 46.9. The zero-order valence-corrected chi connectivity index (χ0v) is 45.6. The Hall–Kier alpha value is -5.08. The quantitative estimate of drug-likeness (QED) is 0.113. The molecule has 2 aliphatic carbocycles. The maximum atomic E-state index is 9.60. The van der Waals surface area contributed by atoms with Gasteiger partial charge in [0.2, 0.25) is 0 Å². The second-order valence-electron chi connectivity index (χ2n) is 20.1. The van der Waals surface area contributed by atoms with Crippen molar-refractivity contribution in [2.24, 2.45) is 0 Å². The first-order chi connectivity index (χ1) is 33.0. The number of hydrogen-bond donors (Lipinski definition) is 0. The molecule has 2 unspecified atom stereocenters. The second kappa shape index (κ2) is 17.7. The van der Waals surface area contributed by atoms with Crippen LogP contribution in [0.25, 0.3) is 67.8 Å². The molecule has 2 atom stereocenters. The van der Waals surface area contributed by atoms with Gasteiger partial charge in [-0.05, 0) is 0 Å². The van der Waals surface area contributed by atoms with E-state index in [0.717, 1.165) is 25.7 Å². The van der Waals surface area contributed by atoms with Crippen molar-refractivity contribution < 1.29 is 16.4 Å². The van der Waals surface area contributed by atoms with Gasteiger partial charge < -0.3 is 0 Å². The van der Waals surface area contributed by atoms with Gasteiger partial charge in [0.15, 0.2) is 0 Å². The van der Waals surface area contributed by atoms with Crippen LogP contribution in [0.3, 0.4) is 0 Å². The van der Waals surface area contributed by atoms with Crippen LogP contribution in [0.2, 0.25) is 0 Å². The third-order valence-corrected chi connectivity index (χ3v) is 38.1. The van der Waals surface area contributed by atoms with Crippen LogP contribution in [-0.4, -0.2) is 9.52 Å². The fourth-order valence-corrected chi connectivity index (χ4v) is 40.9. The van der Waals surface area contributed by atoms with Crippen molar-refractivity contribution in [3.63, 3.8) is 0 Å². The van der Waals surface area contributed by atoms with E-state index in [1.807, 2.05) is 0 Å². The molecule has 8 aromatic rings. The molecule has 0 spiro atoms. The summed E-state index contributed by atoms with van der Waals surface area (Å²) in [5, 5.41) is 2.95. The minimum atomic E-state index is -5.82. The Kier molecular flexibility index (Phi) is 11.8. The molecule has 0 saturated heterocycles. The van der Waals surface area contributed by atoms with E-state index in [9.17, 15) is 17.0 Å². The van der Waals surface area contributed by atoms with E-state index in [0.29, 0.717) is 0 Å². The Morgan fingerprint density at radius 3 is 1.35 bits per heavy atom. The second-order valence-corrected chi connectivity index (χ2v) is 42.5. The summed E-state index contributed by atoms with van der Waals surface area (Å²) in [5.74, 6) is 0. The normalized spacial score (nSPS) is 16.7. The van der Waals surface area contributed by atoms with E-state index in [2.05, 4.69) is 217 Å². The van der Waals surface area contributed by atoms with Gasteiger partial charge in [0, 0.05) is 0 Å². The molecule has 0 bridgehead atoms. The van der Waals surface area contributed by atoms with Crippen LogP contribution in [0, 0.1) is 27.7 Å². The molecule has 0 aromatic heterocycles. The first-order valence-electron chi connectivity index (χ1n) is 24.8. The summed E-state index contributed by atoms with van der Waals surface area (Å²) in [5.41, 5.74) is 25.7. The van der Waals surface area contributed by atoms with Gasteiger partial charge in [0.05, 0.1) is 0 Å². The van der Waals surface area contributed by atoms with E-state index >= 15 is 0 Å². The standard InChI is InChI=1S/2C26H25.C12H9Si.2ClH.Zr/c2*1-4-8-20-16-22-11-12-24(21-9-6-5-7-10-21)26(25(22)17-20)23-14-18(2)13-19(3)15-23;1-3-7-11-9(5-1)10-6-2-4-8-12(10)13-11;;;/h2*5-7,9-17H,4,8H2,1-3H3;1-7H,13H2;2*1H;/q;;;;;+2/p-2. The van der Waals surface area contributed by atoms with Gasteiger partial charge in [-0.15, -0.1) is 0 Å². The van der Waals surface area contributed by atoms with Crippen molar-refractivity contribution in [2.45, 2.75) is 74.5 Å². The van der Waals surface area contributed by atoms with Crippen LogP contribution in [0.4, 0.5) is 0 Å². The summed E-state index contributed by atoms with van der Waals surface area (Å²) in [6, 6.07) is 61.9. The third kappa shape index (κ3) is 7.40. The fraction of sp³-hybridized carbons (Fsp3) is 0.188. The first-order valence-corrected chi connectivity index (χ1v) is 36.6. The molecule has 0 saturated carbocycles. The van der Waals surface area contributed by atoms with Crippen molar-refractivity contribution >= 4 is 52.3 Å². The Morgan fingerprint density at radius 1 is 0.441 bits per heavy atom. The predicted molar refractivity (Wildman–Crippen MR) is 296 cm³/mol. The Morgan fingerprint density at radius 2 is 0.882 bits per heavy atom. The molecule has 3 aliphatic rings. The van der Waals surface area contributed by atoms with Crippen LogP contribution in [0.1, 0.15) is 91.3 Å². The molecule has 0 fully saturated rings. The molecule has 0 nitrogen and oxygen atoms in total. The molecule has 4 heteroatoms. The monoisotopic (exact) mass is 1020 g/mol. The molecule has 8 aromatic carbocycles. The van der Waals surface area contributed by atoms with Crippen LogP contribution < -0.4 is 13.6 Å². The van der Waals surface area contributed by atoms with Crippen LogP contribution in [0.15, 0.2) is 175 Å². The number of halogens is 2. The van der Waals surface area contributed by atoms with Crippen LogP contribution in [-0.2, 0) is 16.4 Å². The van der Waals surface area contributed by atoms with E-state index < -0.39 is 25.9 Å². The summed E-state index contributed by atoms with van der Waals surface area (Å²) in [4.78, 5) is 0. The molecule has 0 amide bonds. The molecule has 11 rings (SSSR count).